The van der Waals surface area contributed by atoms with Crippen molar-refractivity contribution in [3.8, 4) is 0 Å². The second-order valence-corrected chi connectivity index (χ2v) is 4.13. The van der Waals surface area contributed by atoms with Crippen LogP contribution in [0.5, 0.6) is 0 Å². The molecule has 0 saturated carbocycles. The summed E-state index contributed by atoms with van der Waals surface area (Å²) in [5, 5.41) is 0. The molecule has 2 nitrogen and oxygen atoms in total. The number of hydrogen-bond donors (Lipinski definition) is 0. The van der Waals surface area contributed by atoms with E-state index in [1.807, 2.05) is 30.3 Å². The van der Waals surface area contributed by atoms with Crippen molar-refractivity contribution in [3.63, 3.8) is 0 Å². The van der Waals surface area contributed by atoms with Gasteiger partial charge in [-0.1, -0.05) is 30.3 Å². The van der Waals surface area contributed by atoms with Gasteiger partial charge in [0.15, 0.2) is 0 Å². The van der Waals surface area contributed by atoms with Crippen LogP contribution in [0.25, 0.3) is 0 Å². The van der Waals surface area contributed by atoms with Gasteiger partial charge in [0.1, 0.15) is 0 Å². The highest BCUT2D eigenvalue weighted by Crippen LogP contribution is 2.11. The van der Waals surface area contributed by atoms with Crippen molar-refractivity contribution in [2.45, 2.75) is 32.1 Å². The van der Waals surface area contributed by atoms with Crippen LogP contribution < -0.4 is 0 Å². The molecule has 0 spiro atoms. The summed E-state index contributed by atoms with van der Waals surface area (Å²) in [5.41, 5.74) is 0.739. The van der Waals surface area contributed by atoms with E-state index in [1.54, 1.807) is 4.90 Å². The van der Waals surface area contributed by atoms with Crippen LogP contribution in [-0.4, -0.2) is 23.9 Å². The van der Waals surface area contributed by atoms with Crippen molar-refractivity contribution in [1.82, 2.24) is 4.90 Å². The molecule has 2 heteroatoms. The third-order valence-corrected chi connectivity index (χ3v) is 2.89. The van der Waals surface area contributed by atoms with Crippen molar-refractivity contribution >= 4 is 5.91 Å². The summed E-state index contributed by atoms with van der Waals surface area (Å²) in [4.78, 5) is 13.9. The van der Waals surface area contributed by atoms with Crippen LogP contribution in [0, 0.1) is 0 Å². The fourth-order valence-corrected chi connectivity index (χ4v) is 1.95. The maximum absolute atomic E-state index is 12.1. The minimum atomic E-state index is -1.01. The molecule has 1 aromatic rings. The zero-order valence-electron chi connectivity index (χ0n) is 11.4. The zero-order valence-corrected chi connectivity index (χ0v) is 9.43. The third kappa shape index (κ3) is 3.09. The van der Waals surface area contributed by atoms with Gasteiger partial charge in [0.25, 0.3) is 0 Å². The summed E-state index contributed by atoms with van der Waals surface area (Å²) < 4.78 is 16.0. The third-order valence-electron chi connectivity index (χ3n) is 2.89. The van der Waals surface area contributed by atoms with Gasteiger partial charge in [0.2, 0.25) is 5.91 Å². The molecule has 2 rings (SSSR count). The highest BCUT2D eigenvalue weighted by Gasteiger charge is 2.15. The van der Waals surface area contributed by atoms with Crippen molar-refractivity contribution in [2.24, 2.45) is 0 Å². The van der Waals surface area contributed by atoms with Crippen LogP contribution in [0.4, 0.5) is 0 Å². The Morgan fingerprint density at radius 3 is 2.56 bits per heavy atom. The van der Waals surface area contributed by atoms with Gasteiger partial charge in [-0.25, -0.2) is 0 Å². The van der Waals surface area contributed by atoms with Gasteiger partial charge in [-0.2, -0.15) is 0 Å². The molecule has 16 heavy (non-hydrogen) atoms. The average Bonchev–Trinajstić information content (AvgIpc) is 2.47. The lowest BCUT2D eigenvalue weighted by Crippen LogP contribution is -2.35. The topological polar surface area (TPSA) is 20.3 Å². The molecule has 0 aromatic heterocycles. The maximum atomic E-state index is 12.1. The standard InChI is InChI=1S/C14H19NO/c16-14(15-11-5-2-6-12-15)10-9-13-7-3-1-4-8-13/h1,3-4,7-8H,2,5-6,9-12H2/i9D,10D. The van der Waals surface area contributed by atoms with E-state index in [0.29, 0.717) is 0 Å². The molecule has 0 N–H and O–H groups in total. The van der Waals surface area contributed by atoms with Gasteiger partial charge >= 0.3 is 0 Å². The smallest absolute Gasteiger partial charge is 0.222 e. The number of carbonyl (C=O) groups is 1. The monoisotopic (exact) mass is 219 g/mol. The number of aryl methyl sites for hydroxylation is 1. The first-order chi connectivity index (χ1) is 8.70. The number of carbonyl (C=O) groups excluding carboxylic acids is 1. The SMILES string of the molecule is [2H]C(C(=O)N1CCCCC1)C([2H])c1ccccc1. The van der Waals surface area contributed by atoms with Crippen molar-refractivity contribution in [1.29, 1.82) is 0 Å². The van der Waals surface area contributed by atoms with E-state index in [4.69, 9.17) is 2.74 Å². The number of piperidine rings is 1. The highest BCUT2D eigenvalue weighted by molar-refractivity contribution is 5.76. The molecular weight excluding hydrogens is 198 g/mol. The van der Waals surface area contributed by atoms with E-state index in [2.05, 4.69) is 0 Å². The largest absolute Gasteiger partial charge is 0.343 e. The molecule has 0 bridgehead atoms. The van der Waals surface area contributed by atoms with Gasteiger partial charge in [0, 0.05) is 22.2 Å². The Hall–Kier alpha value is -1.31. The number of benzene rings is 1. The number of rotatable bonds is 3. The Balaban J connectivity index is 2.01. The van der Waals surface area contributed by atoms with Crippen molar-refractivity contribution in [3.05, 3.63) is 35.9 Å². The Kier molecular flexibility index (Phi) is 3.13. The Morgan fingerprint density at radius 1 is 1.19 bits per heavy atom. The molecule has 2 atom stereocenters. The summed E-state index contributed by atoms with van der Waals surface area (Å²) in [6, 6.07) is 9.18. The van der Waals surface area contributed by atoms with Crippen LogP contribution in [0.3, 0.4) is 0 Å². The number of hydrogen-bond acceptors (Lipinski definition) is 1. The molecule has 1 aliphatic heterocycles. The first kappa shape index (κ1) is 8.80. The van der Waals surface area contributed by atoms with Crippen LogP contribution in [-0.2, 0) is 11.2 Å². The molecule has 0 radical (unpaired) electrons. The van der Waals surface area contributed by atoms with Crippen LogP contribution >= 0.6 is 0 Å². The average molecular weight is 219 g/mol. The molecule has 1 saturated heterocycles. The number of likely N-dealkylation sites (tertiary alicyclic amines) is 1. The summed E-state index contributed by atoms with van der Waals surface area (Å²) in [5.74, 6) is -0.196. The lowest BCUT2D eigenvalue weighted by atomic mass is 10.1. The predicted molar refractivity (Wildman–Crippen MR) is 65.2 cm³/mol. The quantitative estimate of drug-likeness (QED) is 0.765. The van der Waals surface area contributed by atoms with Crippen molar-refractivity contribution < 1.29 is 7.54 Å². The zero-order chi connectivity index (χ0) is 13.0. The summed E-state index contributed by atoms with van der Waals surface area (Å²) in [6.45, 7) is 1.49. The number of amides is 1. The maximum Gasteiger partial charge on any atom is 0.222 e. The molecule has 1 aromatic carbocycles. The molecule has 1 heterocycles. The van der Waals surface area contributed by atoms with Gasteiger partial charge in [0.05, 0.1) is 0 Å². The van der Waals surface area contributed by atoms with Crippen LogP contribution in [0.15, 0.2) is 30.3 Å². The van der Waals surface area contributed by atoms with Crippen LogP contribution in [0.2, 0.25) is 0 Å². The second kappa shape index (κ2) is 5.69. The first-order valence-corrected chi connectivity index (χ1v) is 5.88. The van der Waals surface area contributed by atoms with Gasteiger partial charge in [-0.15, -0.1) is 0 Å². The lowest BCUT2D eigenvalue weighted by molar-refractivity contribution is -0.132. The van der Waals surface area contributed by atoms with Gasteiger partial charge in [-0.05, 0) is 31.2 Å². The van der Waals surface area contributed by atoms with E-state index in [-0.39, 0.29) is 5.91 Å². The lowest BCUT2D eigenvalue weighted by Gasteiger charge is -2.26. The minimum absolute atomic E-state index is 0.196. The summed E-state index contributed by atoms with van der Waals surface area (Å²) >= 11 is 0. The van der Waals surface area contributed by atoms with E-state index in [1.165, 1.54) is 0 Å². The summed E-state index contributed by atoms with van der Waals surface area (Å²) in [6.07, 6.45) is 1.40. The Labute approximate surface area is 100 Å². The first-order valence-electron chi connectivity index (χ1n) is 7.04. The second-order valence-electron chi connectivity index (χ2n) is 4.13. The van der Waals surface area contributed by atoms with Gasteiger partial charge < -0.3 is 4.90 Å². The molecule has 2 unspecified atom stereocenters. The molecule has 1 aliphatic rings. The van der Waals surface area contributed by atoms with Crippen LogP contribution in [0.1, 0.15) is 34.0 Å². The predicted octanol–water partition coefficient (Wildman–Crippen LogP) is 2.63. The van der Waals surface area contributed by atoms with E-state index in [0.717, 1.165) is 37.9 Å². The highest BCUT2D eigenvalue weighted by atomic mass is 16.2. The molecular formula is C14H19NO. The van der Waals surface area contributed by atoms with Gasteiger partial charge in [-0.3, -0.25) is 4.79 Å². The van der Waals surface area contributed by atoms with E-state index in [9.17, 15) is 4.79 Å². The Morgan fingerprint density at radius 2 is 1.88 bits per heavy atom. The molecule has 1 fully saturated rings. The fraction of sp³-hybridized carbons (Fsp3) is 0.500. The molecule has 86 valence electrons. The number of nitrogens with zero attached hydrogens (tertiary/aromatic N) is 1. The molecule has 1 amide bonds. The normalized spacial score (nSPS) is 21.9. The van der Waals surface area contributed by atoms with E-state index < -0.39 is 12.8 Å². The molecule has 0 aliphatic carbocycles. The Bertz CT molecular complexity index is 390. The fourth-order valence-electron chi connectivity index (χ4n) is 1.95. The minimum Gasteiger partial charge on any atom is -0.343 e. The van der Waals surface area contributed by atoms with Crippen molar-refractivity contribution in [2.75, 3.05) is 13.1 Å². The van der Waals surface area contributed by atoms with E-state index >= 15 is 0 Å². The summed E-state index contributed by atoms with van der Waals surface area (Å²) in [7, 11) is 0.